The molecule has 0 radical (unpaired) electrons. The summed E-state index contributed by atoms with van der Waals surface area (Å²) in [5.74, 6) is 1.83. The van der Waals surface area contributed by atoms with Gasteiger partial charge in [0.05, 0.1) is 6.54 Å². The van der Waals surface area contributed by atoms with E-state index in [0.29, 0.717) is 19.0 Å². The van der Waals surface area contributed by atoms with Gasteiger partial charge in [-0.1, -0.05) is 5.92 Å². The second-order valence-corrected chi connectivity index (χ2v) is 6.66. The molecule has 1 saturated heterocycles. The highest BCUT2D eigenvalue weighted by Crippen LogP contribution is 2.21. The average molecular weight is 440 g/mol. The zero-order valence-electron chi connectivity index (χ0n) is 16.7. The summed E-state index contributed by atoms with van der Waals surface area (Å²) < 4.78 is 43.3. The predicted octanol–water partition coefficient (Wildman–Crippen LogP) is -0.262. The number of alkyl halides is 3. The van der Waals surface area contributed by atoms with Crippen LogP contribution in [0.1, 0.15) is 12.7 Å². The molecule has 3 rings (SSSR count). The van der Waals surface area contributed by atoms with Crippen LogP contribution in [0.2, 0.25) is 0 Å². The van der Waals surface area contributed by atoms with E-state index in [0.717, 1.165) is 17.7 Å². The summed E-state index contributed by atoms with van der Waals surface area (Å²) in [7, 11) is 1.32. The molecule has 1 aliphatic heterocycles. The first-order valence-electron chi connectivity index (χ1n) is 9.26. The van der Waals surface area contributed by atoms with E-state index in [1.807, 2.05) is 4.90 Å². The van der Waals surface area contributed by atoms with Crippen LogP contribution < -0.4 is 15.8 Å². The molecule has 3 heterocycles. The predicted molar refractivity (Wildman–Crippen MR) is 102 cm³/mol. The molecular weight excluding hydrogens is 421 g/mol. The molecule has 0 aromatic carbocycles. The fourth-order valence-corrected chi connectivity index (χ4v) is 3.09. The molecule has 0 bridgehead atoms. The van der Waals surface area contributed by atoms with Crippen molar-refractivity contribution < 1.29 is 27.5 Å². The third kappa shape index (κ3) is 4.69. The highest BCUT2D eigenvalue weighted by Gasteiger charge is 2.42. The zero-order valence-corrected chi connectivity index (χ0v) is 16.7. The number of nitrogens with one attached hydrogen (secondary N) is 1. The molecule has 166 valence electrons. The number of carbonyl (C=O) groups is 2. The lowest BCUT2D eigenvalue weighted by atomic mass is 10.3. The molecular formula is C18H19F3N6O4. The number of imidazole rings is 1. The molecule has 13 heteroatoms. The number of fused-ring (bicyclic) bond motifs is 1. The Labute approximate surface area is 174 Å². The molecule has 0 spiro atoms. The largest absolute Gasteiger partial charge is 0.491 e. The number of halogens is 3. The van der Waals surface area contributed by atoms with Crippen LogP contribution >= 0.6 is 0 Å². The smallest absolute Gasteiger partial charge is 0.386 e. The van der Waals surface area contributed by atoms with Gasteiger partial charge in [0.15, 0.2) is 11.2 Å². The quantitative estimate of drug-likeness (QED) is 0.393. The van der Waals surface area contributed by atoms with Crippen molar-refractivity contribution in [3.63, 3.8) is 0 Å². The Kier molecular flexibility index (Phi) is 6.30. The summed E-state index contributed by atoms with van der Waals surface area (Å²) in [6.45, 7) is 4.57. The summed E-state index contributed by atoms with van der Waals surface area (Å²) in [5.41, 5.74) is -0.372. The number of anilines is 1. The van der Waals surface area contributed by atoms with Crippen molar-refractivity contribution in [2.24, 2.45) is 7.05 Å². The van der Waals surface area contributed by atoms with Crippen molar-refractivity contribution in [1.82, 2.24) is 24.4 Å². The maximum Gasteiger partial charge on any atom is 0.491 e. The van der Waals surface area contributed by atoms with E-state index in [4.69, 9.17) is 0 Å². The van der Waals surface area contributed by atoms with Gasteiger partial charge in [-0.15, -0.1) is 5.92 Å². The number of ether oxygens (including phenoxy) is 1. The molecule has 2 aromatic heterocycles. The Balaban J connectivity index is 2.01. The molecule has 1 N–H and O–H groups in total. The van der Waals surface area contributed by atoms with E-state index in [-0.39, 0.29) is 23.5 Å². The number of esters is 2. The minimum absolute atomic E-state index is 0.0273. The molecule has 0 amide bonds. The number of carbonyl (C=O) groups excluding carboxylic acids is 2. The van der Waals surface area contributed by atoms with Crippen molar-refractivity contribution in [2.45, 2.75) is 26.1 Å². The normalized spacial score (nSPS) is 14.3. The van der Waals surface area contributed by atoms with Crippen LogP contribution in [0.4, 0.5) is 19.1 Å². The molecule has 10 nitrogen and oxygen atoms in total. The van der Waals surface area contributed by atoms with Gasteiger partial charge in [-0.05, 0) is 6.92 Å². The molecule has 0 saturated carbocycles. The third-order valence-electron chi connectivity index (χ3n) is 4.61. The first-order valence-corrected chi connectivity index (χ1v) is 9.26. The molecule has 31 heavy (non-hydrogen) atoms. The topological polar surface area (TPSA) is 111 Å². The molecule has 1 fully saturated rings. The van der Waals surface area contributed by atoms with E-state index >= 15 is 0 Å². The van der Waals surface area contributed by atoms with E-state index in [1.54, 1.807) is 11.5 Å². The van der Waals surface area contributed by atoms with Gasteiger partial charge in [0, 0.05) is 33.2 Å². The van der Waals surface area contributed by atoms with Gasteiger partial charge in [0.1, 0.15) is 12.2 Å². The summed E-state index contributed by atoms with van der Waals surface area (Å²) >= 11 is 0. The van der Waals surface area contributed by atoms with E-state index in [1.165, 1.54) is 7.05 Å². The SMILES string of the molecule is CC#CCn1c(N2CCNCC2)nc2nc(CC(=O)OC(=O)C(F)(F)F)n(C)c(=O)c21. The maximum atomic E-state index is 13.0. The Bertz CT molecular complexity index is 1140. The number of hydrogen-bond acceptors (Lipinski definition) is 8. The van der Waals surface area contributed by atoms with Gasteiger partial charge in [0.2, 0.25) is 5.95 Å². The number of rotatable bonds is 4. The molecule has 0 aliphatic carbocycles. The molecule has 1 aliphatic rings. The van der Waals surface area contributed by atoms with Gasteiger partial charge < -0.3 is 15.0 Å². The van der Waals surface area contributed by atoms with Gasteiger partial charge in [0.25, 0.3) is 5.56 Å². The Morgan fingerprint density at radius 3 is 2.52 bits per heavy atom. The van der Waals surface area contributed by atoms with E-state index in [9.17, 15) is 27.6 Å². The maximum absolute atomic E-state index is 13.0. The van der Waals surface area contributed by atoms with Gasteiger partial charge in [-0.25, -0.2) is 9.78 Å². The minimum Gasteiger partial charge on any atom is -0.386 e. The lowest BCUT2D eigenvalue weighted by Gasteiger charge is -2.28. The highest BCUT2D eigenvalue weighted by molar-refractivity contribution is 5.89. The lowest BCUT2D eigenvalue weighted by molar-refractivity contribution is -0.201. The standard InChI is InChI=1S/C18H19F3N6O4/c1-3-4-7-27-13-14(24-17(27)26-8-5-22-6-9-26)23-11(25(2)15(13)29)10-12(28)31-16(30)18(19,20)21/h22H,5-10H2,1-2H3. The fraction of sp³-hybridized carbons (Fsp3) is 0.500. The van der Waals surface area contributed by atoms with Crippen LogP contribution in [-0.2, 0) is 34.3 Å². The third-order valence-corrected chi connectivity index (χ3v) is 4.61. The van der Waals surface area contributed by atoms with Crippen LogP contribution in [0.25, 0.3) is 11.2 Å². The molecule has 0 atom stereocenters. The van der Waals surface area contributed by atoms with Crippen molar-refractivity contribution in [3.8, 4) is 11.8 Å². The van der Waals surface area contributed by atoms with Crippen molar-refractivity contribution in [1.29, 1.82) is 0 Å². The van der Waals surface area contributed by atoms with Crippen molar-refractivity contribution in [3.05, 3.63) is 16.2 Å². The van der Waals surface area contributed by atoms with E-state index < -0.39 is 30.1 Å². The number of piperazine rings is 1. The van der Waals surface area contributed by atoms with Gasteiger partial charge in [-0.2, -0.15) is 18.2 Å². The summed E-state index contributed by atoms with van der Waals surface area (Å²) in [5, 5.41) is 3.21. The van der Waals surface area contributed by atoms with Crippen LogP contribution in [0, 0.1) is 11.8 Å². The van der Waals surface area contributed by atoms with Gasteiger partial charge >= 0.3 is 18.1 Å². The van der Waals surface area contributed by atoms with Crippen LogP contribution in [-0.4, -0.2) is 63.4 Å². The first-order chi connectivity index (χ1) is 14.6. The van der Waals surface area contributed by atoms with E-state index in [2.05, 4.69) is 31.9 Å². The summed E-state index contributed by atoms with van der Waals surface area (Å²) in [6.07, 6.45) is -6.12. The fourth-order valence-electron chi connectivity index (χ4n) is 3.09. The monoisotopic (exact) mass is 440 g/mol. The summed E-state index contributed by atoms with van der Waals surface area (Å²) in [4.78, 5) is 46.2. The first kappa shape index (κ1) is 22.3. The van der Waals surface area contributed by atoms with Crippen LogP contribution in [0.5, 0.6) is 0 Å². The van der Waals surface area contributed by atoms with Crippen LogP contribution in [0.15, 0.2) is 4.79 Å². The highest BCUT2D eigenvalue weighted by atomic mass is 19.4. The molecule has 0 unspecified atom stereocenters. The second-order valence-electron chi connectivity index (χ2n) is 6.66. The number of aromatic nitrogens is 4. The summed E-state index contributed by atoms with van der Waals surface area (Å²) in [6, 6.07) is 0. The Hall–Kier alpha value is -3.40. The Morgan fingerprint density at radius 1 is 1.23 bits per heavy atom. The Morgan fingerprint density at radius 2 is 1.90 bits per heavy atom. The second kappa shape index (κ2) is 8.76. The van der Waals surface area contributed by atoms with Crippen LogP contribution in [0.3, 0.4) is 0 Å². The zero-order chi connectivity index (χ0) is 22.8. The van der Waals surface area contributed by atoms with Gasteiger partial charge in [-0.3, -0.25) is 18.7 Å². The molecule has 2 aromatic rings. The lowest BCUT2D eigenvalue weighted by Crippen LogP contribution is -2.44. The van der Waals surface area contributed by atoms with Crippen molar-refractivity contribution >= 4 is 29.1 Å². The van der Waals surface area contributed by atoms with Crippen molar-refractivity contribution in [2.75, 3.05) is 31.1 Å². The number of hydrogen-bond donors (Lipinski definition) is 1. The number of nitrogens with zero attached hydrogens (tertiary/aromatic N) is 5. The minimum atomic E-state index is -5.31. The average Bonchev–Trinajstić information content (AvgIpc) is 3.08.